The van der Waals surface area contributed by atoms with E-state index in [4.69, 9.17) is 0 Å². The van der Waals surface area contributed by atoms with Crippen molar-refractivity contribution in [1.29, 1.82) is 0 Å². The SMILES string of the molecule is O=C([O-])C[C@@H](NC(=O)C(F)(F)F)c1cccs1. The minimum Gasteiger partial charge on any atom is -0.550 e. The lowest BCUT2D eigenvalue weighted by atomic mass is 10.1. The number of hydrogen-bond acceptors (Lipinski definition) is 4. The van der Waals surface area contributed by atoms with Crippen LogP contribution in [0.15, 0.2) is 17.5 Å². The lowest BCUT2D eigenvalue weighted by molar-refractivity contribution is -0.306. The van der Waals surface area contributed by atoms with Crippen LogP contribution in [0.5, 0.6) is 0 Å². The Morgan fingerprint density at radius 2 is 2.12 bits per heavy atom. The van der Waals surface area contributed by atoms with Crippen LogP contribution in [-0.4, -0.2) is 18.1 Å². The van der Waals surface area contributed by atoms with Crippen LogP contribution in [0.1, 0.15) is 17.3 Å². The van der Waals surface area contributed by atoms with E-state index in [9.17, 15) is 27.9 Å². The lowest BCUT2D eigenvalue weighted by Crippen LogP contribution is -2.41. The van der Waals surface area contributed by atoms with Crippen LogP contribution in [0.2, 0.25) is 0 Å². The highest BCUT2D eigenvalue weighted by Gasteiger charge is 2.40. The highest BCUT2D eigenvalue weighted by Crippen LogP contribution is 2.24. The van der Waals surface area contributed by atoms with Gasteiger partial charge < -0.3 is 15.2 Å². The van der Waals surface area contributed by atoms with Gasteiger partial charge in [0.2, 0.25) is 0 Å². The molecule has 8 heteroatoms. The minimum atomic E-state index is -5.04. The maximum Gasteiger partial charge on any atom is 0.471 e. The maximum absolute atomic E-state index is 12.0. The topological polar surface area (TPSA) is 69.2 Å². The Balaban J connectivity index is 2.79. The third kappa shape index (κ3) is 4.06. The van der Waals surface area contributed by atoms with Crippen molar-refractivity contribution in [3.8, 4) is 0 Å². The fraction of sp³-hybridized carbons (Fsp3) is 0.333. The molecule has 94 valence electrons. The molecule has 1 aromatic heterocycles. The summed E-state index contributed by atoms with van der Waals surface area (Å²) in [6.45, 7) is 0. The van der Waals surface area contributed by atoms with Crippen LogP contribution < -0.4 is 10.4 Å². The first-order chi connectivity index (χ1) is 7.80. The summed E-state index contributed by atoms with van der Waals surface area (Å²) in [5.41, 5.74) is 0. The summed E-state index contributed by atoms with van der Waals surface area (Å²) >= 11 is 1.05. The standard InChI is InChI=1S/C9H8F3NO3S/c10-9(11,12)8(16)13-5(4-7(14)15)6-2-1-3-17-6/h1-3,5H,4H2,(H,13,16)(H,14,15)/p-1/t5-/m1/s1. The van der Waals surface area contributed by atoms with E-state index >= 15 is 0 Å². The second kappa shape index (κ2) is 5.17. The Labute approximate surface area is 98.1 Å². The van der Waals surface area contributed by atoms with E-state index in [2.05, 4.69) is 0 Å². The molecule has 0 aliphatic rings. The molecule has 0 aliphatic carbocycles. The van der Waals surface area contributed by atoms with Crippen molar-refractivity contribution in [3.63, 3.8) is 0 Å². The number of amides is 1. The van der Waals surface area contributed by atoms with Crippen molar-refractivity contribution < 1.29 is 27.9 Å². The summed E-state index contributed by atoms with van der Waals surface area (Å²) < 4.78 is 36.1. The average Bonchev–Trinajstić information content (AvgIpc) is 2.66. The van der Waals surface area contributed by atoms with Crippen molar-refractivity contribution in [1.82, 2.24) is 5.32 Å². The predicted octanol–water partition coefficient (Wildman–Crippen LogP) is 0.608. The molecule has 1 atom stereocenters. The Morgan fingerprint density at radius 1 is 1.47 bits per heavy atom. The van der Waals surface area contributed by atoms with Gasteiger partial charge in [0.15, 0.2) is 0 Å². The first-order valence-electron chi connectivity index (χ1n) is 4.41. The number of carbonyl (C=O) groups is 2. The van der Waals surface area contributed by atoms with Crippen molar-refractivity contribution in [3.05, 3.63) is 22.4 Å². The summed E-state index contributed by atoms with van der Waals surface area (Å²) in [5.74, 6) is -3.71. The van der Waals surface area contributed by atoms with Gasteiger partial charge in [-0.15, -0.1) is 11.3 Å². The van der Waals surface area contributed by atoms with Gasteiger partial charge in [0, 0.05) is 17.3 Å². The van der Waals surface area contributed by atoms with Crippen LogP contribution in [0.25, 0.3) is 0 Å². The number of thiophene rings is 1. The quantitative estimate of drug-likeness (QED) is 0.868. The maximum atomic E-state index is 12.0. The molecule has 0 aliphatic heterocycles. The molecule has 17 heavy (non-hydrogen) atoms. The summed E-state index contributed by atoms with van der Waals surface area (Å²) in [5, 5.41) is 13.6. The average molecular weight is 266 g/mol. The molecule has 1 amide bonds. The molecule has 0 saturated heterocycles. The monoisotopic (exact) mass is 266 g/mol. The smallest absolute Gasteiger partial charge is 0.471 e. The zero-order valence-corrected chi connectivity index (χ0v) is 9.10. The minimum absolute atomic E-state index is 0.326. The lowest BCUT2D eigenvalue weighted by Gasteiger charge is -2.18. The number of carbonyl (C=O) groups excluding carboxylic acids is 2. The fourth-order valence-electron chi connectivity index (χ4n) is 1.12. The zero-order valence-electron chi connectivity index (χ0n) is 8.28. The number of aliphatic carboxylic acids is 1. The Morgan fingerprint density at radius 3 is 2.53 bits per heavy atom. The molecule has 0 unspecified atom stereocenters. The molecule has 4 nitrogen and oxygen atoms in total. The molecular formula is C9H7F3NO3S-. The molecule has 0 saturated carbocycles. The van der Waals surface area contributed by atoms with E-state index in [0.29, 0.717) is 4.88 Å². The van der Waals surface area contributed by atoms with E-state index in [1.165, 1.54) is 6.07 Å². The van der Waals surface area contributed by atoms with Crippen molar-refractivity contribution in [2.45, 2.75) is 18.6 Å². The molecule has 0 fully saturated rings. The molecular weight excluding hydrogens is 259 g/mol. The van der Waals surface area contributed by atoms with Gasteiger partial charge >= 0.3 is 12.1 Å². The number of rotatable bonds is 4. The van der Waals surface area contributed by atoms with Crippen LogP contribution >= 0.6 is 11.3 Å². The second-order valence-corrected chi connectivity index (χ2v) is 4.09. The molecule has 0 radical (unpaired) electrons. The fourth-order valence-corrected chi connectivity index (χ4v) is 1.90. The second-order valence-electron chi connectivity index (χ2n) is 3.12. The number of hydrogen-bond donors (Lipinski definition) is 1. The normalized spacial score (nSPS) is 13.1. The van der Waals surface area contributed by atoms with E-state index in [1.807, 2.05) is 0 Å². The highest BCUT2D eigenvalue weighted by molar-refractivity contribution is 7.10. The third-order valence-electron chi connectivity index (χ3n) is 1.82. The van der Waals surface area contributed by atoms with E-state index in [1.54, 1.807) is 16.8 Å². The Hall–Kier alpha value is -1.57. The van der Waals surface area contributed by atoms with Gasteiger partial charge in [0.05, 0.1) is 6.04 Å². The van der Waals surface area contributed by atoms with Crippen LogP contribution in [0.3, 0.4) is 0 Å². The Kier molecular flexibility index (Phi) is 4.11. The van der Waals surface area contributed by atoms with E-state index in [0.717, 1.165) is 11.3 Å². The van der Waals surface area contributed by atoms with Gasteiger partial charge in [-0.05, 0) is 11.4 Å². The molecule has 1 N–H and O–H groups in total. The number of carboxylic acid groups (broad SMARTS) is 1. The number of halogens is 3. The highest BCUT2D eigenvalue weighted by atomic mass is 32.1. The molecule has 0 aromatic carbocycles. The van der Waals surface area contributed by atoms with Gasteiger partial charge in [-0.2, -0.15) is 13.2 Å². The van der Waals surface area contributed by atoms with E-state index in [-0.39, 0.29) is 0 Å². The largest absolute Gasteiger partial charge is 0.550 e. The van der Waals surface area contributed by atoms with Crippen LogP contribution in [0.4, 0.5) is 13.2 Å². The van der Waals surface area contributed by atoms with Gasteiger partial charge in [0.1, 0.15) is 0 Å². The molecule has 0 bridgehead atoms. The van der Waals surface area contributed by atoms with Gasteiger partial charge in [-0.1, -0.05) is 6.07 Å². The molecule has 1 aromatic rings. The van der Waals surface area contributed by atoms with Crippen LogP contribution in [-0.2, 0) is 9.59 Å². The number of alkyl halides is 3. The van der Waals surface area contributed by atoms with Gasteiger partial charge in [0.25, 0.3) is 0 Å². The summed E-state index contributed by atoms with van der Waals surface area (Å²) in [6.07, 6.45) is -5.75. The first kappa shape index (κ1) is 13.5. The summed E-state index contributed by atoms with van der Waals surface area (Å²) in [7, 11) is 0. The van der Waals surface area contributed by atoms with Crippen molar-refractivity contribution in [2.24, 2.45) is 0 Å². The van der Waals surface area contributed by atoms with Crippen molar-refractivity contribution in [2.75, 3.05) is 0 Å². The van der Waals surface area contributed by atoms with Gasteiger partial charge in [-0.3, -0.25) is 4.79 Å². The zero-order chi connectivity index (χ0) is 13.1. The predicted molar refractivity (Wildman–Crippen MR) is 50.9 cm³/mol. The van der Waals surface area contributed by atoms with Crippen LogP contribution in [0, 0.1) is 0 Å². The van der Waals surface area contributed by atoms with Gasteiger partial charge in [-0.25, -0.2) is 0 Å². The summed E-state index contributed by atoms with van der Waals surface area (Å²) in [6, 6.07) is 1.76. The van der Waals surface area contributed by atoms with Crippen molar-refractivity contribution >= 4 is 23.2 Å². The molecule has 1 heterocycles. The Bertz CT molecular complexity index is 402. The van der Waals surface area contributed by atoms with E-state index < -0.39 is 30.5 Å². The molecule has 1 rings (SSSR count). The number of carboxylic acids is 1. The molecule has 0 spiro atoms. The third-order valence-corrected chi connectivity index (χ3v) is 2.81. The number of nitrogens with one attached hydrogen (secondary N) is 1. The summed E-state index contributed by atoms with van der Waals surface area (Å²) in [4.78, 5) is 21.4. The first-order valence-corrected chi connectivity index (χ1v) is 5.29.